The molecule has 1 rings (SSSR count). The Balaban J connectivity index is 0.00000196. The van der Waals surface area contributed by atoms with Crippen molar-refractivity contribution >= 4 is 9.84 Å². The average Bonchev–Trinajstić information content (AvgIpc) is 2.15. The van der Waals surface area contributed by atoms with Gasteiger partial charge in [0.15, 0.2) is 9.84 Å². The van der Waals surface area contributed by atoms with E-state index >= 15 is 0 Å². The lowest BCUT2D eigenvalue weighted by Crippen LogP contribution is -2.14. The molecular weight excluding hydrogens is 202 g/mol. The molecule has 1 unspecified atom stereocenters. The lowest BCUT2D eigenvalue weighted by atomic mass is 10.1. The van der Waals surface area contributed by atoms with Gasteiger partial charge in [-0.05, 0) is 17.7 Å². The average molecular weight is 217 g/mol. The van der Waals surface area contributed by atoms with Crippen molar-refractivity contribution in [3.05, 3.63) is 29.8 Å². The number of hydrogen-bond acceptors (Lipinski definition) is 4. The summed E-state index contributed by atoms with van der Waals surface area (Å²) in [6.07, 6.45) is 1.15. The van der Waals surface area contributed by atoms with Crippen LogP contribution in [0.4, 0.5) is 0 Å². The predicted molar refractivity (Wildman–Crippen MR) is 55.7 cm³/mol. The molecular formula is C9H15NO3S. The monoisotopic (exact) mass is 217 g/mol. The molecule has 3 N–H and O–H groups in total. The summed E-state index contributed by atoms with van der Waals surface area (Å²) in [5, 5.41) is 8.77. The largest absolute Gasteiger partial charge is 0.394 e. The zero-order valence-electron chi connectivity index (χ0n) is 7.84. The predicted octanol–water partition coefficient (Wildman–Crippen LogP) is 0.328. The van der Waals surface area contributed by atoms with Crippen LogP contribution in [0.1, 0.15) is 13.0 Å². The van der Waals surface area contributed by atoms with E-state index in [1.807, 2.05) is 0 Å². The van der Waals surface area contributed by atoms with Crippen LogP contribution in [0, 0.1) is 0 Å². The molecule has 1 aromatic rings. The number of aliphatic hydroxyl groups excluding tert-OH is 1. The van der Waals surface area contributed by atoms with Crippen molar-refractivity contribution in [2.24, 2.45) is 5.73 Å². The minimum Gasteiger partial charge on any atom is -0.394 e. The summed E-state index contributed by atoms with van der Waals surface area (Å²) in [6, 6.07) is 5.73. The molecule has 0 aliphatic carbocycles. The van der Waals surface area contributed by atoms with E-state index in [1.165, 1.54) is 12.1 Å². The van der Waals surface area contributed by atoms with Crippen LogP contribution in [0.3, 0.4) is 0 Å². The fraction of sp³-hybridized carbons (Fsp3) is 0.333. The standard InChI is InChI=1S/C9H13NO3S.H2/c1-14(12,13)8-4-2-7(3-5-8)9(10)6-11;/h2-5,9,11H,6,10H2,1H3;1H. The third kappa shape index (κ3) is 2.54. The van der Waals surface area contributed by atoms with Gasteiger partial charge in [-0.15, -0.1) is 0 Å². The van der Waals surface area contributed by atoms with Crippen molar-refractivity contribution in [2.45, 2.75) is 10.9 Å². The van der Waals surface area contributed by atoms with Gasteiger partial charge < -0.3 is 10.8 Å². The first-order valence-electron chi connectivity index (χ1n) is 4.11. The Morgan fingerprint density at radius 1 is 1.43 bits per heavy atom. The molecule has 0 bridgehead atoms. The van der Waals surface area contributed by atoms with E-state index in [9.17, 15) is 8.42 Å². The highest BCUT2D eigenvalue weighted by Gasteiger charge is 2.08. The van der Waals surface area contributed by atoms with E-state index in [1.54, 1.807) is 12.1 Å². The van der Waals surface area contributed by atoms with Crippen LogP contribution < -0.4 is 5.73 Å². The molecule has 0 saturated heterocycles. The Bertz CT molecular complexity index is 402. The fourth-order valence-electron chi connectivity index (χ4n) is 1.07. The normalized spacial score (nSPS) is 13.9. The van der Waals surface area contributed by atoms with E-state index in [2.05, 4.69) is 0 Å². The van der Waals surface area contributed by atoms with Crippen LogP contribution in [0.5, 0.6) is 0 Å². The van der Waals surface area contributed by atoms with Gasteiger partial charge in [0, 0.05) is 7.68 Å². The molecule has 0 saturated carbocycles. The second-order valence-corrected chi connectivity index (χ2v) is 5.15. The van der Waals surface area contributed by atoms with Crippen LogP contribution in [0.15, 0.2) is 29.2 Å². The van der Waals surface area contributed by atoms with Gasteiger partial charge in [-0.3, -0.25) is 0 Å². The summed E-state index contributed by atoms with van der Waals surface area (Å²) < 4.78 is 22.2. The van der Waals surface area contributed by atoms with E-state index in [4.69, 9.17) is 10.8 Å². The first-order valence-corrected chi connectivity index (χ1v) is 6.00. The molecule has 80 valence electrons. The van der Waals surface area contributed by atoms with Crippen LogP contribution in [-0.4, -0.2) is 26.4 Å². The third-order valence-corrected chi connectivity index (χ3v) is 3.06. The van der Waals surface area contributed by atoms with Gasteiger partial charge >= 0.3 is 0 Å². The minimum absolute atomic E-state index is 0. The molecule has 0 amide bonds. The minimum atomic E-state index is -3.16. The number of nitrogens with two attached hydrogens (primary N) is 1. The van der Waals surface area contributed by atoms with Gasteiger partial charge in [-0.1, -0.05) is 12.1 Å². The lowest BCUT2D eigenvalue weighted by molar-refractivity contribution is 0.268. The van der Waals surface area contributed by atoms with Gasteiger partial charge in [0.1, 0.15) is 0 Å². The Hall–Kier alpha value is -0.910. The highest BCUT2D eigenvalue weighted by Crippen LogP contribution is 2.14. The zero-order valence-corrected chi connectivity index (χ0v) is 8.66. The highest BCUT2D eigenvalue weighted by atomic mass is 32.2. The smallest absolute Gasteiger partial charge is 0.175 e. The van der Waals surface area contributed by atoms with Gasteiger partial charge in [0.05, 0.1) is 17.5 Å². The van der Waals surface area contributed by atoms with E-state index in [0.717, 1.165) is 11.8 Å². The Kier molecular flexibility index (Phi) is 3.25. The van der Waals surface area contributed by atoms with Gasteiger partial charge in [-0.25, -0.2) is 8.42 Å². The quantitative estimate of drug-likeness (QED) is 0.764. The summed E-state index contributed by atoms with van der Waals surface area (Å²) in [4.78, 5) is 0.256. The summed E-state index contributed by atoms with van der Waals surface area (Å²) in [5.74, 6) is 0. The fourth-order valence-corrected chi connectivity index (χ4v) is 1.70. The second kappa shape index (κ2) is 4.08. The van der Waals surface area contributed by atoms with Gasteiger partial charge in [0.2, 0.25) is 0 Å². The van der Waals surface area contributed by atoms with E-state index in [0.29, 0.717) is 0 Å². The molecule has 1 aromatic carbocycles. The molecule has 1 atom stereocenters. The first kappa shape index (κ1) is 11.2. The number of rotatable bonds is 3. The Labute approximate surface area is 84.8 Å². The number of benzene rings is 1. The van der Waals surface area contributed by atoms with Crippen molar-refractivity contribution < 1.29 is 15.0 Å². The van der Waals surface area contributed by atoms with Crippen LogP contribution in [-0.2, 0) is 9.84 Å². The van der Waals surface area contributed by atoms with E-state index in [-0.39, 0.29) is 12.9 Å². The molecule has 0 aliphatic heterocycles. The van der Waals surface area contributed by atoms with Crippen LogP contribution in [0.2, 0.25) is 0 Å². The van der Waals surface area contributed by atoms with Gasteiger partial charge in [0.25, 0.3) is 0 Å². The maximum absolute atomic E-state index is 11.1. The molecule has 0 spiro atoms. The summed E-state index contributed by atoms with van der Waals surface area (Å²) >= 11 is 0. The number of hydrogen-bond donors (Lipinski definition) is 2. The number of aliphatic hydroxyl groups is 1. The molecule has 0 heterocycles. The van der Waals surface area contributed by atoms with Crippen LogP contribution >= 0.6 is 0 Å². The SMILES string of the molecule is CS(=O)(=O)c1ccc(C(N)CO)cc1.[HH]. The topological polar surface area (TPSA) is 80.4 Å². The number of sulfone groups is 1. The summed E-state index contributed by atoms with van der Waals surface area (Å²) in [7, 11) is -3.16. The maximum atomic E-state index is 11.1. The van der Waals surface area contributed by atoms with Gasteiger partial charge in [-0.2, -0.15) is 0 Å². The molecule has 0 radical (unpaired) electrons. The molecule has 5 heteroatoms. The molecule has 0 aliphatic rings. The first-order chi connectivity index (χ1) is 6.45. The summed E-state index contributed by atoms with van der Waals surface area (Å²) in [5.41, 5.74) is 6.28. The third-order valence-electron chi connectivity index (χ3n) is 1.93. The molecule has 0 fully saturated rings. The summed E-state index contributed by atoms with van der Waals surface area (Å²) in [6.45, 7) is -0.155. The molecule has 14 heavy (non-hydrogen) atoms. The Morgan fingerprint density at radius 2 is 1.93 bits per heavy atom. The Morgan fingerprint density at radius 3 is 2.29 bits per heavy atom. The van der Waals surface area contributed by atoms with Crippen molar-refractivity contribution in [1.82, 2.24) is 0 Å². The van der Waals surface area contributed by atoms with E-state index < -0.39 is 15.9 Å². The molecule has 4 nitrogen and oxygen atoms in total. The van der Waals surface area contributed by atoms with Crippen molar-refractivity contribution in [1.29, 1.82) is 0 Å². The van der Waals surface area contributed by atoms with Crippen molar-refractivity contribution in [3.8, 4) is 0 Å². The van der Waals surface area contributed by atoms with Crippen LogP contribution in [0.25, 0.3) is 0 Å². The highest BCUT2D eigenvalue weighted by molar-refractivity contribution is 7.90. The zero-order chi connectivity index (χ0) is 10.8. The van der Waals surface area contributed by atoms with Crippen molar-refractivity contribution in [2.75, 3.05) is 12.9 Å². The molecule has 0 aromatic heterocycles. The van der Waals surface area contributed by atoms with Crippen molar-refractivity contribution in [3.63, 3.8) is 0 Å². The lowest BCUT2D eigenvalue weighted by Gasteiger charge is -2.08. The second-order valence-electron chi connectivity index (χ2n) is 3.13. The maximum Gasteiger partial charge on any atom is 0.175 e.